The highest BCUT2D eigenvalue weighted by Crippen LogP contribution is 2.22. The first kappa shape index (κ1) is 32.3. The van der Waals surface area contributed by atoms with Gasteiger partial charge in [-0.05, 0) is 56.7 Å². The Balaban J connectivity index is 1.70. The number of guanidine groups is 1. The molecule has 1 saturated heterocycles. The fraction of sp³-hybridized carbons (Fsp3) is 0.536. The van der Waals surface area contributed by atoms with Crippen molar-refractivity contribution in [2.75, 3.05) is 19.6 Å². The molecule has 230 valence electrons. The maximum absolute atomic E-state index is 13.7. The van der Waals surface area contributed by atoms with Crippen LogP contribution >= 0.6 is 0 Å². The maximum atomic E-state index is 13.7. The Labute approximate surface area is 244 Å². The number of aromatic amines is 1. The fourth-order valence-electron chi connectivity index (χ4n) is 5.17. The van der Waals surface area contributed by atoms with Gasteiger partial charge in [-0.15, -0.1) is 0 Å². The van der Waals surface area contributed by atoms with Crippen molar-refractivity contribution >= 4 is 40.6 Å². The molecule has 3 rings (SSSR count). The molecule has 1 aliphatic rings. The van der Waals surface area contributed by atoms with E-state index in [0.29, 0.717) is 45.2 Å². The van der Waals surface area contributed by atoms with Gasteiger partial charge in [0.1, 0.15) is 18.1 Å². The molecule has 1 aliphatic heterocycles. The highest BCUT2D eigenvalue weighted by atomic mass is 16.4. The number of hydrogen-bond acceptors (Lipinski definition) is 7. The second-order valence-electron chi connectivity index (χ2n) is 10.6. The minimum Gasteiger partial charge on any atom is -0.480 e. The molecule has 0 aliphatic carbocycles. The van der Waals surface area contributed by atoms with Crippen molar-refractivity contribution in [3.05, 3.63) is 36.0 Å². The van der Waals surface area contributed by atoms with E-state index in [0.717, 1.165) is 22.9 Å². The molecule has 2 heterocycles. The van der Waals surface area contributed by atoms with Crippen molar-refractivity contribution in [1.82, 2.24) is 20.5 Å². The number of carbonyl (C=O) groups excluding carboxylic acids is 3. The van der Waals surface area contributed by atoms with Gasteiger partial charge in [0.05, 0.1) is 6.04 Å². The van der Waals surface area contributed by atoms with E-state index in [1.807, 2.05) is 24.3 Å². The summed E-state index contributed by atoms with van der Waals surface area (Å²) in [6.07, 6.45) is 5.15. The first-order chi connectivity index (χ1) is 20.1. The summed E-state index contributed by atoms with van der Waals surface area (Å²) in [4.78, 5) is 60.5. The highest BCUT2D eigenvalue weighted by Gasteiger charge is 2.39. The van der Waals surface area contributed by atoms with E-state index in [9.17, 15) is 24.3 Å². The van der Waals surface area contributed by atoms with Gasteiger partial charge in [-0.3, -0.25) is 19.4 Å². The number of benzene rings is 1. The summed E-state index contributed by atoms with van der Waals surface area (Å²) >= 11 is 0. The van der Waals surface area contributed by atoms with Gasteiger partial charge >= 0.3 is 5.97 Å². The van der Waals surface area contributed by atoms with Gasteiger partial charge in [-0.1, -0.05) is 24.6 Å². The Morgan fingerprint density at radius 1 is 1.07 bits per heavy atom. The standard InChI is InChI=1S/C28H43N9O5/c29-12-4-3-8-19(30)24(38)35-21(10-5-13-33-28(31)32)26(40)37-14-6-11-23(37)25(39)36-22(27(41)42)15-17-16-34-20-9-2-1-7-18(17)20/h1-2,7,9,16,19,21-23,34H,3-6,8,10-15,29-30H2,(H,35,38)(H,36,39)(H,41,42)(H4,31,32,33). The second kappa shape index (κ2) is 15.7. The van der Waals surface area contributed by atoms with Crippen LogP contribution in [0.1, 0.15) is 50.5 Å². The van der Waals surface area contributed by atoms with Crippen LogP contribution in [0.2, 0.25) is 0 Å². The first-order valence-corrected chi connectivity index (χ1v) is 14.3. The third-order valence-corrected chi connectivity index (χ3v) is 7.42. The van der Waals surface area contributed by atoms with Crippen LogP contribution in [0.15, 0.2) is 35.5 Å². The maximum Gasteiger partial charge on any atom is 0.326 e. The van der Waals surface area contributed by atoms with Crippen LogP contribution in [0.4, 0.5) is 0 Å². The van der Waals surface area contributed by atoms with E-state index in [-0.39, 0.29) is 25.3 Å². The van der Waals surface area contributed by atoms with Gasteiger partial charge in [0.2, 0.25) is 17.7 Å². The van der Waals surface area contributed by atoms with Gasteiger partial charge in [0.25, 0.3) is 0 Å². The fourth-order valence-corrected chi connectivity index (χ4v) is 5.17. The summed E-state index contributed by atoms with van der Waals surface area (Å²) in [7, 11) is 0. The van der Waals surface area contributed by atoms with Crippen LogP contribution in [0, 0.1) is 0 Å². The van der Waals surface area contributed by atoms with Crippen LogP contribution in [0.5, 0.6) is 0 Å². The van der Waals surface area contributed by atoms with Crippen molar-refractivity contribution in [2.24, 2.45) is 27.9 Å². The van der Waals surface area contributed by atoms with Gasteiger partial charge in [-0.25, -0.2) is 4.79 Å². The number of carboxylic acids is 1. The van der Waals surface area contributed by atoms with E-state index in [2.05, 4.69) is 20.6 Å². The summed E-state index contributed by atoms with van der Waals surface area (Å²) in [5.74, 6) is -2.74. The number of carboxylic acid groups (broad SMARTS) is 1. The largest absolute Gasteiger partial charge is 0.480 e. The molecule has 3 amide bonds. The van der Waals surface area contributed by atoms with Gasteiger partial charge in [0, 0.05) is 36.6 Å². The lowest BCUT2D eigenvalue weighted by Crippen LogP contribution is -2.57. The molecule has 42 heavy (non-hydrogen) atoms. The van der Waals surface area contributed by atoms with Crippen LogP contribution in [-0.2, 0) is 25.6 Å². The first-order valence-electron chi connectivity index (χ1n) is 14.3. The van der Waals surface area contributed by atoms with Gasteiger partial charge < -0.3 is 48.6 Å². The number of H-pyrrole nitrogens is 1. The van der Waals surface area contributed by atoms with Crippen LogP contribution in [-0.4, -0.2) is 88.4 Å². The number of fused-ring (bicyclic) bond motifs is 1. The number of hydrogen-bond donors (Lipinski definition) is 8. The number of rotatable bonds is 16. The number of amides is 3. The topological polar surface area (TPSA) is 248 Å². The zero-order chi connectivity index (χ0) is 30.6. The summed E-state index contributed by atoms with van der Waals surface area (Å²) in [5, 5.41) is 16.1. The number of unbranched alkanes of at least 4 members (excludes halogenated alkanes) is 1. The normalized spacial score (nSPS) is 16.9. The number of aliphatic carboxylic acids is 1. The summed E-state index contributed by atoms with van der Waals surface area (Å²) in [5.41, 5.74) is 24.0. The second-order valence-corrected chi connectivity index (χ2v) is 10.6. The Hall–Kier alpha value is -4.17. The smallest absolute Gasteiger partial charge is 0.326 e. The molecule has 1 aromatic carbocycles. The van der Waals surface area contributed by atoms with Gasteiger partial charge in [-0.2, -0.15) is 0 Å². The van der Waals surface area contributed by atoms with Crippen molar-refractivity contribution < 1.29 is 24.3 Å². The highest BCUT2D eigenvalue weighted by molar-refractivity contribution is 5.94. The predicted molar refractivity (Wildman–Crippen MR) is 159 cm³/mol. The lowest BCUT2D eigenvalue weighted by molar-refractivity contribution is -0.145. The van der Waals surface area contributed by atoms with Crippen molar-refractivity contribution in [1.29, 1.82) is 0 Å². The zero-order valence-corrected chi connectivity index (χ0v) is 23.8. The van der Waals surface area contributed by atoms with Crippen LogP contribution < -0.4 is 33.6 Å². The molecule has 4 unspecified atom stereocenters. The summed E-state index contributed by atoms with van der Waals surface area (Å²) in [6, 6.07) is 3.64. The Bertz CT molecular complexity index is 1260. The Morgan fingerprint density at radius 2 is 1.83 bits per heavy atom. The average molecular weight is 586 g/mol. The van der Waals surface area contributed by atoms with Crippen molar-refractivity contribution in [3.8, 4) is 0 Å². The van der Waals surface area contributed by atoms with E-state index < -0.39 is 47.9 Å². The summed E-state index contributed by atoms with van der Waals surface area (Å²) < 4.78 is 0. The van der Waals surface area contributed by atoms with Crippen molar-refractivity contribution in [3.63, 3.8) is 0 Å². The molecule has 14 heteroatoms. The zero-order valence-electron chi connectivity index (χ0n) is 23.8. The molecule has 0 saturated carbocycles. The van der Waals surface area contributed by atoms with E-state index >= 15 is 0 Å². The molecule has 12 N–H and O–H groups in total. The number of aromatic nitrogens is 1. The number of nitrogens with one attached hydrogen (secondary N) is 3. The Kier molecular flexibility index (Phi) is 12.1. The molecule has 1 fully saturated rings. The van der Waals surface area contributed by atoms with E-state index in [4.69, 9.17) is 22.9 Å². The third kappa shape index (κ3) is 8.91. The molecule has 14 nitrogen and oxygen atoms in total. The quantitative estimate of drug-likeness (QED) is 0.0701. The minimum absolute atomic E-state index is 0.0667. The number of para-hydroxylation sites is 1. The lowest BCUT2D eigenvalue weighted by Gasteiger charge is -2.30. The number of carbonyl (C=O) groups is 4. The molecule has 1 aromatic heterocycles. The van der Waals surface area contributed by atoms with Gasteiger partial charge in [0.15, 0.2) is 5.96 Å². The average Bonchev–Trinajstić information content (AvgIpc) is 3.61. The minimum atomic E-state index is -1.20. The molecule has 2 aromatic rings. The summed E-state index contributed by atoms with van der Waals surface area (Å²) in [6.45, 7) is 1.03. The molecular weight excluding hydrogens is 542 g/mol. The molecule has 0 bridgehead atoms. The lowest BCUT2D eigenvalue weighted by atomic mass is 10.0. The third-order valence-electron chi connectivity index (χ3n) is 7.42. The predicted octanol–water partition coefficient (Wildman–Crippen LogP) is -0.734. The van der Waals surface area contributed by atoms with E-state index in [1.54, 1.807) is 6.20 Å². The molecule has 0 spiro atoms. The molecule has 0 radical (unpaired) electrons. The number of nitrogens with zero attached hydrogens (tertiary/aromatic N) is 2. The molecular formula is C28H43N9O5. The number of nitrogens with two attached hydrogens (primary N) is 4. The Morgan fingerprint density at radius 3 is 2.55 bits per heavy atom. The van der Waals surface area contributed by atoms with Crippen molar-refractivity contribution in [2.45, 2.75) is 75.5 Å². The SMILES string of the molecule is NCCCCC(N)C(=O)NC(CCCN=C(N)N)C(=O)N1CCCC1C(=O)NC(Cc1c[nH]c2ccccc12)C(=O)O. The van der Waals surface area contributed by atoms with E-state index in [1.165, 1.54) is 4.90 Å². The molecule has 4 atom stereocenters. The number of likely N-dealkylation sites (tertiary alicyclic amines) is 1. The van der Waals surface area contributed by atoms with Crippen LogP contribution in [0.3, 0.4) is 0 Å². The number of aliphatic imine (C=N–C) groups is 1. The monoisotopic (exact) mass is 585 g/mol. The van der Waals surface area contributed by atoms with Crippen LogP contribution in [0.25, 0.3) is 10.9 Å².